The summed E-state index contributed by atoms with van der Waals surface area (Å²) in [6.45, 7) is 20.0. The average Bonchev–Trinajstić information content (AvgIpc) is 2.53. The zero-order valence-corrected chi connectivity index (χ0v) is 18.6. The summed E-state index contributed by atoms with van der Waals surface area (Å²) >= 11 is 0. The summed E-state index contributed by atoms with van der Waals surface area (Å²) in [7, 11) is 0. The Morgan fingerprint density at radius 1 is 0.704 bits per heavy atom. The van der Waals surface area contributed by atoms with E-state index in [-0.39, 0.29) is 16.4 Å². The predicted octanol–water partition coefficient (Wildman–Crippen LogP) is 7.26. The number of hydrogen-bond donors (Lipinski definition) is 1. The maximum absolute atomic E-state index is 5.04. The minimum Gasteiger partial charge on any atom is -0.375 e. The second-order valence-corrected chi connectivity index (χ2v) is 10.0. The summed E-state index contributed by atoms with van der Waals surface area (Å²) in [5.74, 6) is 0. The van der Waals surface area contributed by atoms with Gasteiger partial charge in [-0.15, -0.1) is 0 Å². The van der Waals surface area contributed by atoms with Crippen LogP contribution >= 0.6 is 0 Å². The molecule has 2 aromatic carbocycles. The van der Waals surface area contributed by atoms with Crippen LogP contribution in [0, 0.1) is 0 Å². The first kappa shape index (κ1) is 21.2. The molecule has 0 heterocycles. The number of aliphatic imine (C=N–C) groups is 1. The minimum atomic E-state index is -0.258. The largest absolute Gasteiger partial charge is 0.375 e. The molecule has 0 aliphatic carbocycles. The van der Waals surface area contributed by atoms with Gasteiger partial charge in [-0.25, -0.2) is 0 Å². The maximum Gasteiger partial charge on any atom is 0.0697 e. The van der Waals surface area contributed by atoms with Gasteiger partial charge in [0.15, 0.2) is 0 Å². The van der Waals surface area contributed by atoms with Crippen LogP contribution in [0.5, 0.6) is 0 Å². The van der Waals surface area contributed by atoms with Gasteiger partial charge in [0, 0.05) is 11.4 Å². The summed E-state index contributed by atoms with van der Waals surface area (Å²) in [6.07, 6.45) is 0. The van der Waals surface area contributed by atoms with Crippen molar-refractivity contribution >= 4 is 17.1 Å². The van der Waals surface area contributed by atoms with E-state index in [4.69, 9.17) is 4.99 Å². The Morgan fingerprint density at radius 3 is 1.74 bits per heavy atom. The van der Waals surface area contributed by atoms with E-state index >= 15 is 0 Å². The van der Waals surface area contributed by atoms with E-state index < -0.39 is 0 Å². The van der Waals surface area contributed by atoms with Crippen LogP contribution in [0.2, 0.25) is 0 Å². The first-order valence-electron chi connectivity index (χ1n) is 9.85. The zero-order valence-electron chi connectivity index (χ0n) is 18.6. The molecule has 0 spiro atoms. The van der Waals surface area contributed by atoms with E-state index in [0.29, 0.717) is 0 Å². The molecule has 2 nitrogen and oxygen atoms in total. The Labute approximate surface area is 166 Å². The Morgan fingerprint density at radius 2 is 1.19 bits per heavy atom. The molecule has 0 bridgehead atoms. The molecule has 0 saturated heterocycles. The first-order valence-corrected chi connectivity index (χ1v) is 9.85. The molecule has 0 amide bonds. The summed E-state index contributed by atoms with van der Waals surface area (Å²) in [5, 5.41) is 3.74. The Kier molecular flexibility index (Phi) is 5.89. The van der Waals surface area contributed by atoms with Gasteiger partial charge in [-0.2, -0.15) is 0 Å². The molecule has 0 unspecified atom stereocenters. The third-order valence-electron chi connectivity index (χ3n) is 5.09. The number of nitrogens with zero attached hydrogens (tertiary/aromatic N) is 1. The molecule has 0 saturated carbocycles. The number of benzene rings is 2. The lowest BCUT2D eigenvalue weighted by atomic mass is 9.84. The summed E-state index contributed by atoms with van der Waals surface area (Å²) in [4.78, 5) is 5.04. The van der Waals surface area contributed by atoms with Gasteiger partial charge in [-0.3, -0.25) is 4.99 Å². The van der Waals surface area contributed by atoms with Gasteiger partial charge in [0.1, 0.15) is 0 Å². The van der Waals surface area contributed by atoms with E-state index in [2.05, 4.69) is 116 Å². The lowest BCUT2D eigenvalue weighted by Gasteiger charge is -2.32. The predicted molar refractivity (Wildman–Crippen MR) is 121 cm³/mol. The van der Waals surface area contributed by atoms with Gasteiger partial charge in [-0.05, 0) is 54.9 Å². The molecule has 0 atom stereocenters. The molecule has 2 heteroatoms. The molecule has 0 aliphatic rings. The Hall–Kier alpha value is -2.09. The van der Waals surface area contributed by atoms with E-state index in [1.807, 2.05) is 0 Å². The number of nitrogens with one attached hydrogen (secondary N) is 1. The van der Waals surface area contributed by atoms with Crippen LogP contribution in [0.1, 0.15) is 73.4 Å². The quantitative estimate of drug-likeness (QED) is 0.567. The normalized spacial score (nSPS) is 13.6. The minimum absolute atomic E-state index is 0.0662. The summed E-state index contributed by atoms with van der Waals surface area (Å²) in [5.41, 5.74) is 5.79. The van der Waals surface area contributed by atoms with Gasteiger partial charge in [0.25, 0.3) is 0 Å². The average molecular weight is 365 g/mol. The molecule has 0 radical (unpaired) electrons. The third-order valence-corrected chi connectivity index (χ3v) is 5.09. The van der Waals surface area contributed by atoms with Crippen molar-refractivity contribution in [2.45, 2.75) is 78.7 Å². The van der Waals surface area contributed by atoms with Crippen LogP contribution in [0.15, 0.2) is 53.5 Å². The van der Waals surface area contributed by atoms with Crippen LogP contribution in [0.25, 0.3) is 0 Å². The van der Waals surface area contributed by atoms with Gasteiger partial charge in [0.05, 0.1) is 11.2 Å². The van der Waals surface area contributed by atoms with Gasteiger partial charge < -0.3 is 5.32 Å². The van der Waals surface area contributed by atoms with Crippen molar-refractivity contribution < 1.29 is 0 Å². The molecule has 2 aromatic rings. The fraction of sp³-hybridized carbons (Fsp3) is 0.480. The van der Waals surface area contributed by atoms with E-state index in [1.54, 1.807) is 0 Å². The van der Waals surface area contributed by atoms with Crippen molar-refractivity contribution in [2.24, 2.45) is 4.99 Å². The summed E-state index contributed by atoms with van der Waals surface area (Å²) in [6, 6.07) is 17.0. The Bertz CT molecular complexity index is 815. The standard InChI is InChI=1S/C25H36N2/c1-18(26-21-16-12-10-14-19(21)23(2,3)4)25(8,9)27-22-17-13-11-15-20(22)24(5,6)7/h10-17,27H,1-9H3. The number of para-hydroxylation sites is 2. The fourth-order valence-corrected chi connectivity index (χ4v) is 3.20. The highest BCUT2D eigenvalue weighted by atomic mass is 15.0. The lowest BCUT2D eigenvalue weighted by Crippen LogP contribution is -2.39. The number of hydrogen-bond acceptors (Lipinski definition) is 2. The monoisotopic (exact) mass is 364 g/mol. The highest BCUT2D eigenvalue weighted by Gasteiger charge is 2.26. The maximum atomic E-state index is 5.04. The van der Waals surface area contributed by atoms with Crippen LogP contribution in [-0.4, -0.2) is 11.3 Å². The molecule has 2 rings (SSSR count). The smallest absolute Gasteiger partial charge is 0.0697 e. The topological polar surface area (TPSA) is 24.4 Å². The molecule has 1 N–H and O–H groups in total. The van der Waals surface area contributed by atoms with Crippen molar-refractivity contribution in [3.05, 3.63) is 59.7 Å². The van der Waals surface area contributed by atoms with Crippen LogP contribution < -0.4 is 5.32 Å². The number of rotatable bonds is 4. The van der Waals surface area contributed by atoms with Gasteiger partial charge in [0.2, 0.25) is 0 Å². The lowest BCUT2D eigenvalue weighted by molar-refractivity contribution is 0.588. The van der Waals surface area contributed by atoms with Crippen molar-refractivity contribution in [1.29, 1.82) is 0 Å². The summed E-state index contributed by atoms with van der Waals surface area (Å²) < 4.78 is 0. The second kappa shape index (κ2) is 7.50. The molecule has 0 fully saturated rings. The van der Waals surface area contributed by atoms with E-state index in [9.17, 15) is 0 Å². The Balaban J connectivity index is 2.40. The first-order chi connectivity index (χ1) is 12.3. The van der Waals surface area contributed by atoms with Crippen molar-refractivity contribution in [3.63, 3.8) is 0 Å². The zero-order chi connectivity index (χ0) is 20.5. The SMILES string of the molecule is CC(=Nc1ccccc1C(C)(C)C)C(C)(C)Nc1ccccc1C(C)(C)C. The molecular weight excluding hydrogens is 328 g/mol. The number of anilines is 1. The van der Waals surface area contributed by atoms with E-state index in [0.717, 1.165) is 11.4 Å². The highest BCUT2D eigenvalue weighted by molar-refractivity contribution is 5.95. The molecule has 0 aromatic heterocycles. The van der Waals surface area contributed by atoms with Crippen LogP contribution in [-0.2, 0) is 10.8 Å². The third kappa shape index (κ3) is 5.22. The molecule has 146 valence electrons. The highest BCUT2D eigenvalue weighted by Crippen LogP contribution is 2.34. The molecular formula is C25H36N2. The second-order valence-electron chi connectivity index (χ2n) is 10.0. The molecule has 0 aliphatic heterocycles. The van der Waals surface area contributed by atoms with E-state index in [1.165, 1.54) is 16.8 Å². The molecule has 27 heavy (non-hydrogen) atoms. The van der Waals surface area contributed by atoms with Gasteiger partial charge >= 0.3 is 0 Å². The van der Waals surface area contributed by atoms with Gasteiger partial charge in [-0.1, -0.05) is 77.9 Å². The van der Waals surface area contributed by atoms with Crippen molar-refractivity contribution in [1.82, 2.24) is 0 Å². The van der Waals surface area contributed by atoms with Crippen LogP contribution in [0.3, 0.4) is 0 Å². The fourth-order valence-electron chi connectivity index (χ4n) is 3.20. The van der Waals surface area contributed by atoms with Crippen molar-refractivity contribution in [3.8, 4) is 0 Å². The van der Waals surface area contributed by atoms with Crippen molar-refractivity contribution in [2.75, 3.05) is 5.32 Å². The van der Waals surface area contributed by atoms with Crippen LogP contribution in [0.4, 0.5) is 11.4 Å².